The molecule has 2 aromatic rings. The number of fused-ring (bicyclic) bond motifs is 2. The molecule has 1 N–H and O–H groups in total. The topological polar surface area (TPSA) is 71.0 Å². The van der Waals surface area contributed by atoms with Crippen LogP contribution in [-0.2, 0) is 4.74 Å². The summed E-state index contributed by atoms with van der Waals surface area (Å²) in [6, 6.07) is 5.29. The van der Waals surface area contributed by atoms with Crippen LogP contribution in [0, 0.1) is 19.7 Å². The number of rotatable bonds is 6. The maximum Gasteiger partial charge on any atom is 0.227 e. The summed E-state index contributed by atoms with van der Waals surface area (Å²) in [6.45, 7) is 8.94. The Morgan fingerprint density at radius 2 is 1.83 bits per heavy atom. The van der Waals surface area contributed by atoms with Gasteiger partial charge in [-0.05, 0) is 58.2 Å². The van der Waals surface area contributed by atoms with Crippen LogP contribution in [0.25, 0.3) is 0 Å². The van der Waals surface area contributed by atoms with Gasteiger partial charge in [-0.1, -0.05) is 6.07 Å². The summed E-state index contributed by atoms with van der Waals surface area (Å²) in [4.78, 5) is 13.1. The highest BCUT2D eigenvalue weighted by molar-refractivity contribution is 5.54. The van der Waals surface area contributed by atoms with Gasteiger partial charge in [0.2, 0.25) is 12.3 Å². The summed E-state index contributed by atoms with van der Waals surface area (Å²) in [5, 5.41) is 10.4. The number of piperazine rings is 1. The van der Waals surface area contributed by atoms with Gasteiger partial charge in [-0.2, -0.15) is 0 Å². The van der Waals surface area contributed by atoms with E-state index in [-0.39, 0.29) is 23.9 Å². The molecular formula is C22H29FN4O3. The largest absolute Gasteiger partial charge is 0.435 e. The molecule has 0 aliphatic carbocycles. The van der Waals surface area contributed by atoms with Crippen LogP contribution < -0.4 is 9.64 Å². The molecular weight excluding hydrogens is 387 g/mol. The molecule has 0 radical (unpaired) electrons. The Hall–Kier alpha value is -2.29. The Labute approximate surface area is 176 Å². The fourth-order valence-electron chi connectivity index (χ4n) is 4.37. The van der Waals surface area contributed by atoms with E-state index >= 15 is 0 Å². The SMILES string of the molecule is Cc1ccc(Oc2ncnc(N3C4CCC3CN(C(O)OC(C)C)C4)c2C)c(F)c1. The van der Waals surface area contributed by atoms with Crippen LogP contribution in [0.5, 0.6) is 11.6 Å². The maximum absolute atomic E-state index is 14.2. The molecule has 162 valence electrons. The first kappa shape index (κ1) is 21.0. The van der Waals surface area contributed by atoms with E-state index in [1.54, 1.807) is 12.1 Å². The minimum absolute atomic E-state index is 0.0401. The van der Waals surface area contributed by atoms with Gasteiger partial charge < -0.3 is 19.5 Å². The second kappa shape index (κ2) is 8.45. The van der Waals surface area contributed by atoms with Crippen molar-refractivity contribution in [1.82, 2.24) is 14.9 Å². The van der Waals surface area contributed by atoms with Crippen molar-refractivity contribution >= 4 is 5.82 Å². The summed E-state index contributed by atoms with van der Waals surface area (Å²) in [6.07, 6.45) is 2.56. The standard InChI is InChI=1S/C22H29FN4O3/c1-13(2)29-22(28)26-10-16-6-7-17(11-26)27(16)20-15(4)21(25-12-24-20)30-19-8-5-14(3)9-18(19)23/h5,8-9,12-13,16-17,22,28H,6-7,10-11H2,1-4H3. The van der Waals surface area contributed by atoms with Crippen molar-refractivity contribution < 1.29 is 19.0 Å². The van der Waals surface area contributed by atoms with Gasteiger partial charge in [-0.15, -0.1) is 0 Å². The number of halogens is 1. The number of aliphatic hydroxyl groups is 1. The lowest BCUT2D eigenvalue weighted by Gasteiger charge is -2.43. The third-order valence-corrected chi connectivity index (χ3v) is 5.77. The molecule has 1 aromatic heterocycles. The van der Waals surface area contributed by atoms with E-state index in [1.807, 2.05) is 32.6 Å². The van der Waals surface area contributed by atoms with Crippen molar-refractivity contribution in [2.75, 3.05) is 18.0 Å². The Morgan fingerprint density at radius 1 is 1.13 bits per heavy atom. The van der Waals surface area contributed by atoms with E-state index < -0.39 is 12.2 Å². The summed E-state index contributed by atoms with van der Waals surface area (Å²) >= 11 is 0. The Kier molecular flexibility index (Phi) is 5.90. The Bertz CT molecular complexity index is 896. The number of aliphatic hydroxyl groups excluding tert-OH is 1. The van der Waals surface area contributed by atoms with Crippen molar-refractivity contribution in [1.29, 1.82) is 0 Å². The number of aromatic nitrogens is 2. The molecule has 2 saturated heterocycles. The van der Waals surface area contributed by atoms with Crippen molar-refractivity contribution in [3.63, 3.8) is 0 Å². The van der Waals surface area contributed by atoms with Crippen molar-refractivity contribution in [2.24, 2.45) is 0 Å². The molecule has 8 heteroatoms. The van der Waals surface area contributed by atoms with Crippen molar-refractivity contribution in [3.05, 3.63) is 41.5 Å². The number of aryl methyl sites for hydroxylation is 1. The van der Waals surface area contributed by atoms with Crippen molar-refractivity contribution in [3.8, 4) is 11.6 Å². The molecule has 2 fully saturated rings. The highest BCUT2D eigenvalue weighted by atomic mass is 19.1. The highest BCUT2D eigenvalue weighted by Gasteiger charge is 2.43. The van der Waals surface area contributed by atoms with E-state index in [2.05, 4.69) is 14.9 Å². The lowest BCUT2D eigenvalue weighted by atomic mass is 10.1. The number of ether oxygens (including phenoxy) is 2. The molecule has 2 bridgehead atoms. The van der Waals surface area contributed by atoms with Crippen LogP contribution in [0.3, 0.4) is 0 Å². The van der Waals surface area contributed by atoms with Gasteiger partial charge in [-0.25, -0.2) is 14.4 Å². The monoisotopic (exact) mass is 416 g/mol. The minimum Gasteiger partial charge on any atom is -0.435 e. The third kappa shape index (κ3) is 4.12. The van der Waals surface area contributed by atoms with Crippen LogP contribution in [0.4, 0.5) is 10.2 Å². The second-order valence-corrected chi connectivity index (χ2v) is 8.42. The third-order valence-electron chi connectivity index (χ3n) is 5.77. The smallest absolute Gasteiger partial charge is 0.227 e. The van der Waals surface area contributed by atoms with Gasteiger partial charge in [0.15, 0.2) is 11.6 Å². The van der Waals surface area contributed by atoms with Gasteiger partial charge in [-0.3, -0.25) is 4.90 Å². The van der Waals surface area contributed by atoms with Crippen molar-refractivity contribution in [2.45, 2.75) is 65.1 Å². The quantitative estimate of drug-likeness (QED) is 0.724. The summed E-state index contributed by atoms with van der Waals surface area (Å²) in [7, 11) is 0. The number of nitrogens with zero attached hydrogens (tertiary/aromatic N) is 4. The van der Waals surface area contributed by atoms with Gasteiger partial charge in [0.25, 0.3) is 0 Å². The van der Waals surface area contributed by atoms with Crippen LogP contribution in [0.2, 0.25) is 0 Å². The van der Waals surface area contributed by atoms with E-state index in [0.29, 0.717) is 19.0 Å². The summed E-state index contributed by atoms with van der Waals surface area (Å²) in [5.41, 5.74) is 1.61. The van der Waals surface area contributed by atoms with Crippen LogP contribution in [-0.4, -0.2) is 57.7 Å². The predicted molar refractivity (Wildman–Crippen MR) is 111 cm³/mol. The van der Waals surface area contributed by atoms with E-state index in [1.165, 1.54) is 12.4 Å². The van der Waals surface area contributed by atoms with E-state index in [4.69, 9.17) is 9.47 Å². The number of hydrogen-bond donors (Lipinski definition) is 1. The fraction of sp³-hybridized carbons (Fsp3) is 0.545. The number of hydrogen-bond acceptors (Lipinski definition) is 7. The lowest BCUT2D eigenvalue weighted by Crippen LogP contribution is -2.57. The second-order valence-electron chi connectivity index (χ2n) is 8.42. The lowest BCUT2D eigenvalue weighted by molar-refractivity contribution is -0.214. The number of anilines is 1. The van der Waals surface area contributed by atoms with Crippen LogP contribution >= 0.6 is 0 Å². The maximum atomic E-state index is 14.2. The molecule has 0 amide bonds. The predicted octanol–water partition coefficient (Wildman–Crippen LogP) is 3.38. The summed E-state index contributed by atoms with van der Waals surface area (Å²) < 4.78 is 25.6. The number of benzene rings is 1. The van der Waals surface area contributed by atoms with Gasteiger partial charge in [0, 0.05) is 25.2 Å². The molecule has 1 aromatic carbocycles. The van der Waals surface area contributed by atoms with E-state index in [0.717, 1.165) is 29.8 Å². The molecule has 30 heavy (non-hydrogen) atoms. The molecule has 3 unspecified atom stereocenters. The molecule has 2 aliphatic rings. The molecule has 3 heterocycles. The van der Waals surface area contributed by atoms with Gasteiger partial charge in [0.1, 0.15) is 12.1 Å². The molecule has 0 spiro atoms. The zero-order chi connectivity index (χ0) is 21.4. The minimum atomic E-state index is -0.898. The fourth-order valence-corrected chi connectivity index (χ4v) is 4.37. The first-order valence-electron chi connectivity index (χ1n) is 10.4. The molecule has 7 nitrogen and oxygen atoms in total. The zero-order valence-electron chi connectivity index (χ0n) is 17.9. The van der Waals surface area contributed by atoms with Crippen LogP contribution in [0.15, 0.2) is 24.5 Å². The average molecular weight is 416 g/mol. The van der Waals surface area contributed by atoms with Gasteiger partial charge in [0.05, 0.1) is 11.7 Å². The average Bonchev–Trinajstić information content (AvgIpc) is 2.93. The summed E-state index contributed by atoms with van der Waals surface area (Å²) in [5.74, 6) is 0.893. The van der Waals surface area contributed by atoms with Crippen LogP contribution in [0.1, 0.15) is 37.8 Å². The van der Waals surface area contributed by atoms with E-state index in [9.17, 15) is 9.50 Å². The molecule has 0 saturated carbocycles. The Balaban J connectivity index is 1.55. The molecule has 4 rings (SSSR count). The number of likely N-dealkylation sites (tertiary alicyclic amines) is 1. The zero-order valence-corrected chi connectivity index (χ0v) is 17.9. The van der Waals surface area contributed by atoms with Gasteiger partial charge >= 0.3 is 0 Å². The molecule has 2 aliphatic heterocycles. The Morgan fingerprint density at radius 3 is 2.47 bits per heavy atom. The first-order chi connectivity index (χ1) is 14.3. The molecule has 3 atom stereocenters. The first-order valence-corrected chi connectivity index (χ1v) is 10.4. The normalized spacial score (nSPS) is 22.6. The highest BCUT2D eigenvalue weighted by Crippen LogP contribution is 2.38.